The number of carbonyl (C=O) groups is 2. The van der Waals surface area contributed by atoms with Gasteiger partial charge in [0.05, 0.1) is 15.6 Å². The number of primary amides is 1. The number of hydrogen-bond donors (Lipinski definition) is 2. The van der Waals surface area contributed by atoms with Crippen LogP contribution < -0.4 is 11.1 Å². The zero-order valence-corrected chi connectivity index (χ0v) is 10.9. The van der Waals surface area contributed by atoms with Crippen molar-refractivity contribution < 1.29 is 9.59 Å². The highest BCUT2D eigenvalue weighted by Gasteiger charge is 2.19. The van der Waals surface area contributed by atoms with Crippen LogP contribution in [0.1, 0.15) is 10.4 Å². The fourth-order valence-corrected chi connectivity index (χ4v) is 1.75. The van der Waals surface area contributed by atoms with Gasteiger partial charge in [0.25, 0.3) is 11.8 Å². The number of nitrogens with one attached hydrogen (secondary N) is 1. The van der Waals surface area contributed by atoms with Gasteiger partial charge < -0.3 is 11.1 Å². The van der Waals surface area contributed by atoms with E-state index >= 15 is 0 Å². The largest absolute Gasteiger partial charge is 0.367 e. The first-order chi connectivity index (χ1) is 7.43. The Labute approximate surface area is 110 Å². The summed E-state index contributed by atoms with van der Waals surface area (Å²) in [4.78, 5) is 21.4. The van der Waals surface area contributed by atoms with Gasteiger partial charge >= 0.3 is 0 Å². The lowest BCUT2D eigenvalue weighted by molar-refractivity contribution is -0.117. The number of benzene rings is 1. The van der Waals surface area contributed by atoms with Crippen LogP contribution in [0.2, 0.25) is 10.0 Å². The number of halogens is 3. The third-order valence-corrected chi connectivity index (χ3v) is 3.01. The summed E-state index contributed by atoms with van der Waals surface area (Å²) in [7, 11) is 0. The fourth-order valence-electron chi connectivity index (χ4n) is 0.973. The Morgan fingerprint density at radius 2 is 1.81 bits per heavy atom. The average Bonchev–Trinajstić information content (AvgIpc) is 2.16. The molecule has 2 amide bonds. The van der Waals surface area contributed by atoms with Crippen molar-refractivity contribution in [3.8, 4) is 0 Å². The number of amides is 2. The van der Waals surface area contributed by atoms with Crippen LogP contribution in [0.5, 0.6) is 0 Å². The Balaban J connectivity index is 2.93. The molecule has 0 fully saturated rings. The molecule has 86 valence electrons. The van der Waals surface area contributed by atoms with E-state index in [1.54, 1.807) is 6.07 Å². The van der Waals surface area contributed by atoms with Gasteiger partial charge in [-0.1, -0.05) is 45.2 Å². The zero-order chi connectivity index (χ0) is 12.3. The predicted molar refractivity (Wildman–Crippen MR) is 65.8 cm³/mol. The molecule has 0 aliphatic rings. The molecular formula is C9H7BrCl2N2O2. The van der Waals surface area contributed by atoms with Gasteiger partial charge in [0.1, 0.15) is 0 Å². The molecule has 0 spiro atoms. The standard InChI is InChI=1S/C9H7BrCl2N2O2/c10-7(8(13)15)14-9(16)6-4(11)2-1-3-5(6)12/h1-3,7H,(H2,13,15)(H,14,16). The molecule has 0 aromatic heterocycles. The summed E-state index contributed by atoms with van der Waals surface area (Å²) in [5.74, 6) is -1.28. The molecule has 1 unspecified atom stereocenters. The van der Waals surface area contributed by atoms with Crippen LogP contribution in [0, 0.1) is 0 Å². The van der Waals surface area contributed by atoms with Crippen molar-refractivity contribution in [1.29, 1.82) is 0 Å². The number of hydrogen-bond acceptors (Lipinski definition) is 2. The Morgan fingerprint density at radius 1 is 1.31 bits per heavy atom. The van der Waals surface area contributed by atoms with Gasteiger partial charge in [0.15, 0.2) is 4.95 Å². The van der Waals surface area contributed by atoms with Crippen molar-refractivity contribution in [2.75, 3.05) is 0 Å². The summed E-state index contributed by atoms with van der Waals surface area (Å²) in [5, 5.41) is 2.72. The molecule has 0 saturated carbocycles. The Kier molecular flexibility index (Phi) is 4.58. The monoisotopic (exact) mass is 324 g/mol. The van der Waals surface area contributed by atoms with E-state index in [1.165, 1.54) is 12.1 Å². The Hall–Kier alpha value is -0.780. The second kappa shape index (κ2) is 5.52. The van der Waals surface area contributed by atoms with Crippen LogP contribution in [0.15, 0.2) is 18.2 Å². The van der Waals surface area contributed by atoms with Gasteiger partial charge in [-0.2, -0.15) is 0 Å². The molecule has 7 heteroatoms. The van der Waals surface area contributed by atoms with E-state index in [-0.39, 0.29) is 15.6 Å². The molecule has 0 aliphatic heterocycles. The maximum atomic E-state index is 11.7. The molecule has 16 heavy (non-hydrogen) atoms. The Bertz CT molecular complexity index is 419. The summed E-state index contributed by atoms with van der Waals surface area (Å²) >= 11 is 14.5. The van der Waals surface area contributed by atoms with Crippen LogP contribution in [-0.4, -0.2) is 16.8 Å². The second-order valence-electron chi connectivity index (χ2n) is 2.84. The lowest BCUT2D eigenvalue weighted by Gasteiger charge is -2.10. The lowest BCUT2D eigenvalue weighted by Crippen LogP contribution is -2.40. The summed E-state index contributed by atoms with van der Waals surface area (Å²) < 4.78 is 0. The van der Waals surface area contributed by atoms with Crippen molar-refractivity contribution in [2.24, 2.45) is 5.73 Å². The molecule has 0 saturated heterocycles. The van der Waals surface area contributed by atoms with Gasteiger partial charge in [-0.25, -0.2) is 0 Å². The maximum absolute atomic E-state index is 11.7. The highest BCUT2D eigenvalue weighted by molar-refractivity contribution is 9.10. The molecule has 4 nitrogen and oxygen atoms in total. The first-order valence-corrected chi connectivity index (χ1v) is 5.79. The van der Waals surface area contributed by atoms with Crippen LogP contribution in [0.4, 0.5) is 0 Å². The van der Waals surface area contributed by atoms with Gasteiger partial charge in [-0.3, -0.25) is 9.59 Å². The minimum Gasteiger partial charge on any atom is -0.367 e. The third kappa shape index (κ3) is 3.10. The summed E-state index contributed by atoms with van der Waals surface area (Å²) in [6, 6.07) is 4.66. The molecule has 0 aliphatic carbocycles. The maximum Gasteiger partial charge on any atom is 0.255 e. The van der Waals surface area contributed by atoms with Crippen molar-refractivity contribution in [2.45, 2.75) is 4.95 Å². The molecular weight excluding hydrogens is 319 g/mol. The molecule has 0 heterocycles. The number of carbonyl (C=O) groups excluding carboxylic acids is 2. The zero-order valence-electron chi connectivity index (χ0n) is 7.84. The van der Waals surface area contributed by atoms with Gasteiger partial charge in [-0.15, -0.1) is 0 Å². The topological polar surface area (TPSA) is 72.2 Å². The summed E-state index contributed by atoms with van der Waals surface area (Å²) in [5.41, 5.74) is 5.08. The van der Waals surface area contributed by atoms with Gasteiger partial charge in [0.2, 0.25) is 0 Å². The minimum absolute atomic E-state index is 0.108. The SMILES string of the molecule is NC(=O)C(Br)NC(=O)c1c(Cl)cccc1Cl. The van der Waals surface area contributed by atoms with E-state index in [0.29, 0.717) is 0 Å². The van der Waals surface area contributed by atoms with Crippen molar-refractivity contribution in [3.63, 3.8) is 0 Å². The number of nitrogens with two attached hydrogens (primary N) is 1. The molecule has 1 aromatic rings. The van der Waals surface area contributed by atoms with Crippen molar-refractivity contribution in [3.05, 3.63) is 33.8 Å². The van der Waals surface area contributed by atoms with Crippen LogP contribution in [-0.2, 0) is 4.79 Å². The predicted octanol–water partition coefficient (Wildman–Crippen LogP) is 1.93. The first kappa shape index (κ1) is 13.3. The first-order valence-electron chi connectivity index (χ1n) is 4.11. The van der Waals surface area contributed by atoms with Gasteiger partial charge in [0, 0.05) is 0 Å². The molecule has 0 radical (unpaired) electrons. The van der Waals surface area contributed by atoms with E-state index in [9.17, 15) is 9.59 Å². The van der Waals surface area contributed by atoms with E-state index < -0.39 is 16.8 Å². The molecule has 0 bridgehead atoms. The van der Waals surface area contributed by atoms with Crippen molar-refractivity contribution >= 4 is 50.9 Å². The van der Waals surface area contributed by atoms with E-state index in [1.807, 2.05) is 0 Å². The fraction of sp³-hybridized carbons (Fsp3) is 0.111. The highest BCUT2D eigenvalue weighted by atomic mass is 79.9. The van der Waals surface area contributed by atoms with Crippen LogP contribution in [0.25, 0.3) is 0 Å². The van der Waals surface area contributed by atoms with Gasteiger partial charge in [-0.05, 0) is 12.1 Å². The normalized spacial score (nSPS) is 11.9. The van der Waals surface area contributed by atoms with Crippen LogP contribution >= 0.6 is 39.1 Å². The Morgan fingerprint density at radius 3 is 2.25 bits per heavy atom. The molecule has 3 N–H and O–H groups in total. The van der Waals surface area contributed by atoms with Crippen molar-refractivity contribution in [1.82, 2.24) is 5.32 Å². The van der Waals surface area contributed by atoms with Crippen LogP contribution in [0.3, 0.4) is 0 Å². The number of rotatable bonds is 3. The molecule has 1 atom stereocenters. The van der Waals surface area contributed by atoms with E-state index in [2.05, 4.69) is 21.2 Å². The smallest absolute Gasteiger partial charge is 0.255 e. The highest BCUT2D eigenvalue weighted by Crippen LogP contribution is 2.24. The second-order valence-corrected chi connectivity index (χ2v) is 4.57. The average molecular weight is 326 g/mol. The molecule has 1 rings (SSSR count). The lowest BCUT2D eigenvalue weighted by atomic mass is 10.2. The van der Waals surface area contributed by atoms with E-state index in [0.717, 1.165) is 0 Å². The summed E-state index contributed by atoms with van der Waals surface area (Å²) in [6.07, 6.45) is 0. The number of alkyl halides is 1. The third-order valence-electron chi connectivity index (χ3n) is 1.70. The quantitative estimate of drug-likeness (QED) is 0.658. The van der Waals surface area contributed by atoms with E-state index in [4.69, 9.17) is 28.9 Å². The summed E-state index contributed by atoms with van der Waals surface area (Å²) in [6.45, 7) is 0. The molecule has 1 aromatic carbocycles. The minimum atomic E-state index is -0.965.